The lowest BCUT2D eigenvalue weighted by Gasteiger charge is -2.38. The maximum Gasteiger partial charge on any atom is 0.407 e. The second kappa shape index (κ2) is 4.78. The van der Waals surface area contributed by atoms with Gasteiger partial charge in [0.2, 0.25) is 0 Å². The number of rotatable bonds is 1. The van der Waals surface area contributed by atoms with E-state index in [0.29, 0.717) is 6.61 Å². The molecular weight excluding hydrogens is 264 g/mol. The summed E-state index contributed by atoms with van der Waals surface area (Å²) >= 11 is 0. The summed E-state index contributed by atoms with van der Waals surface area (Å²) in [6, 6.07) is 8.23. The summed E-state index contributed by atoms with van der Waals surface area (Å²) in [5, 5.41) is 4.06. The Labute approximate surface area is 117 Å². The van der Waals surface area contributed by atoms with Gasteiger partial charge in [-0.2, -0.15) is 0 Å². The quantitative estimate of drug-likeness (QED) is 0.841. The summed E-state index contributed by atoms with van der Waals surface area (Å²) in [7, 11) is 0. The minimum absolute atomic E-state index is 0. The molecule has 0 saturated carbocycles. The molecular formula is C14H17ClN2O2. The first-order chi connectivity index (χ1) is 8.56. The minimum Gasteiger partial charge on any atom is -0.449 e. The largest absolute Gasteiger partial charge is 0.449 e. The van der Waals surface area contributed by atoms with Crippen LogP contribution in [0.3, 0.4) is 0 Å². The molecule has 1 aliphatic rings. The number of carbonyl (C=O) groups is 1. The number of alkyl carbamates (subject to hydrolysis) is 1. The molecule has 5 heteroatoms. The predicted molar refractivity (Wildman–Crippen MR) is 76.6 cm³/mol. The van der Waals surface area contributed by atoms with Gasteiger partial charge in [-0.1, -0.05) is 19.9 Å². The Morgan fingerprint density at radius 1 is 1.32 bits per heavy atom. The van der Waals surface area contributed by atoms with Crippen LogP contribution in [0.25, 0.3) is 10.9 Å². The van der Waals surface area contributed by atoms with Gasteiger partial charge >= 0.3 is 6.09 Å². The van der Waals surface area contributed by atoms with Crippen LogP contribution < -0.4 is 5.32 Å². The number of nitrogens with one attached hydrogen (secondary N) is 2. The predicted octanol–water partition coefficient (Wildman–Crippen LogP) is 3.40. The number of aromatic nitrogens is 1. The average Bonchev–Trinajstić information content (AvgIpc) is 2.79. The summed E-state index contributed by atoms with van der Waals surface area (Å²) in [6.07, 6.45) is 1.58. The Bertz CT molecular complexity index is 606. The summed E-state index contributed by atoms with van der Waals surface area (Å²) < 4.78 is 5.06. The number of hydrogen-bond donors (Lipinski definition) is 2. The lowest BCUT2D eigenvalue weighted by atomic mass is 9.80. The molecule has 2 aromatic rings. The van der Waals surface area contributed by atoms with Crippen molar-refractivity contribution < 1.29 is 9.53 Å². The van der Waals surface area contributed by atoms with E-state index in [1.165, 1.54) is 0 Å². The molecule has 0 aliphatic carbocycles. The number of fused-ring (bicyclic) bond motifs is 1. The van der Waals surface area contributed by atoms with Gasteiger partial charge in [-0.25, -0.2) is 4.79 Å². The van der Waals surface area contributed by atoms with Crippen LogP contribution in [0, 0.1) is 5.41 Å². The monoisotopic (exact) mass is 280 g/mol. The van der Waals surface area contributed by atoms with E-state index in [1.807, 2.05) is 18.3 Å². The van der Waals surface area contributed by atoms with Gasteiger partial charge in [-0.05, 0) is 29.1 Å². The van der Waals surface area contributed by atoms with Gasteiger partial charge in [0.25, 0.3) is 0 Å². The third kappa shape index (κ3) is 2.40. The van der Waals surface area contributed by atoms with Gasteiger partial charge in [0.1, 0.15) is 6.61 Å². The molecule has 0 unspecified atom stereocenters. The Hall–Kier alpha value is -1.68. The lowest BCUT2D eigenvalue weighted by molar-refractivity contribution is 0.0388. The van der Waals surface area contributed by atoms with Crippen molar-refractivity contribution in [2.75, 3.05) is 6.61 Å². The fraction of sp³-hybridized carbons (Fsp3) is 0.357. The van der Waals surface area contributed by atoms with Crippen molar-refractivity contribution in [3.8, 4) is 0 Å². The Kier molecular flexibility index (Phi) is 3.45. The van der Waals surface area contributed by atoms with Crippen LogP contribution in [0.1, 0.15) is 25.5 Å². The zero-order valence-corrected chi connectivity index (χ0v) is 11.7. The molecule has 2 heterocycles. The molecule has 0 radical (unpaired) electrons. The average molecular weight is 281 g/mol. The molecule has 3 rings (SSSR count). The normalized spacial score (nSPS) is 21.4. The highest BCUT2D eigenvalue weighted by molar-refractivity contribution is 5.85. The van der Waals surface area contributed by atoms with Crippen LogP contribution in [0.5, 0.6) is 0 Å². The summed E-state index contributed by atoms with van der Waals surface area (Å²) in [5.74, 6) is 0. The molecule has 1 saturated heterocycles. The molecule has 4 nitrogen and oxygen atoms in total. The van der Waals surface area contributed by atoms with Crippen LogP contribution in [0.2, 0.25) is 0 Å². The third-order valence-corrected chi connectivity index (χ3v) is 3.53. The lowest BCUT2D eigenvalue weighted by Crippen LogP contribution is -2.46. The summed E-state index contributed by atoms with van der Waals surface area (Å²) in [4.78, 5) is 14.6. The molecule has 1 aromatic heterocycles. The number of ether oxygens (including phenoxy) is 1. The van der Waals surface area contributed by atoms with Crippen LogP contribution in [-0.4, -0.2) is 17.7 Å². The van der Waals surface area contributed by atoms with E-state index in [0.717, 1.165) is 16.5 Å². The van der Waals surface area contributed by atoms with E-state index in [4.69, 9.17) is 4.74 Å². The molecule has 1 aromatic carbocycles. The number of benzene rings is 1. The van der Waals surface area contributed by atoms with Gasteiger partial charge < -0.3 is 15.0 Å². The number of amides is 1. The Balaban J connectivity index is 0.00000133. The highest BCUT2D eigenvalue weighted by Crippen LogP contribution is 2.37. The maximum atomic E-state index is 11.4. The van der Waals surface area contributed by atoms with E-state index in [-0.39, 0.29) is 30.0 Å². The summed E-state index contributed by atoms with van der Waals surface area (Å²) in [6.45, 7) is 4.63. The zero-order valence-electron chi connectivity index (χ0n) is 10.9. The van der Waals surface area contributed by atoms with Crippen LogP contribution in [0.4, 0.5) is 4.79 Å². The topological polar surface area (TPSA) is 54.1 Å². The van der Waals surface area contributed by atoms with E-state index in [9.17, 15) is 4.79 Å². The Morgan fingerprint density at radius 3 is 2.89 bits per heavy atom. The first-order valence-corrected chi connectivity index (χ1v) is 6.07. The molecule has 0 spiro atoms. The van der Waals surface area contributed by atoms with Crippen molar-refractivity contribution in [1.29, 1.82) is 0 Å². The second-order valence-corrected chi connectivity index (χ2v) is 5.47. The smallest absolute Gasteiger partial charge is 0.407 e. The van der Waals surface area contributed by atoms with E-state index >= 15 is 0 Å². The molecule has 1 amide bonds. The van der Waals surface area contributed by atoms with Crippen molar-refractivity contribution in [3.63, 3.8) is 0 Å². The molecule has 102 valence electrons. The number of halogens is 1. The molecule has 1 atom stereocenters. The van der Waals surface area contributed by atoms with E-state index in [2.05, 4.69) is 36.3 Å². The van der Waals surface area contributed by atoms with Crippen molar-refractivity contribution in [2.45, 2.75) is 19.9 Å². The van der Waals surface area contributed by atoms with Crippen LogP contribution in [-0.2, 0) is 4.74 Å². The van der Waals surface area contributed by atoms with Crippen molar-refractivity contribution in [2.24, 2.45) is 5.41 Å². The SMILES string of the molecule is CC1(C)COC(=O)N[C@H]1c1ccc2[nH]ccc2c1.Cl. The maximum absolute atomic E-state index is 11.4. The van der Waals surface area contributed by atoms with Gasteiger partial charge in [0, 0.05) is 17.1 Å². The van der Waals surface area contributed by atoms with Crippen molar-refractivity contribution in [1.82, 2.24) is 10.3 Å². The number of cyclic esters (lactones) is 1. The molecule has 1 fully saturated rings. The van der Waals surface area contributed by atoms with Crippen molar-refractivity contribution in [3.05, 3.63) is 36.0 Å². The molecule has 1 aliphatic heterocycles. The molecule has 2 N–H and O–H groups in total. The fourth-order valence-electron chi connectivity index (χ4n) is 2.48. The third-order valence-electron chi connectivity index (χ3n) is 3.53. The number of H-pyrrole nitrogens is 1. The Morgan fingerprint density at radius 2 is 2.11 bits per heavy atom. The molecule has 0 bridgehead atoms. The van der Waals surface area contributed by atoms with Gasteiger partial charge in [0.15, 0.2) is 0 Å². The highest BCUT2D eigenvalue weighted by Gasteiger charge is 2.37. The van der Waals surface area contributed by atoms with Gasteiger partial charge in [0.05, 0.1) is 6.04 Å². The summed E-state index contributed by atoms with van der Waals surface area (Å²) in [5.41, 5.74) is 2.11. The van der Waals surface area contributed by atoms with Crippen molar-refractivity contribution >= 4 is 29.4 Å². The first-order valence-electron chi connectivity index (χ1n) is 6.07. The molecule has 19 heavy (non-hydrogen) atoms. The number of carbonyl (C=O) groups excluding carboxylic acids is 1. The van der Waals surface area contributed by atoms with Crippen LogP contribution in [0.15, 0.2) is 30.5 Å². The van der Waals surface area contributed by atoms with Gasteiger partial charge in [-0.3, -0.25) is 0 Å². The minimum atomic E-state index is -0.339. The standard InChI is InChI=1S/C14H16N2O2.ClH/c1-14(2)8-18-13(17)16-12(14)10-3-4-11-9(7-10)5-6-15-11;/h3-7,12,15H,8H2,1-2H3,(H,16,17);1H/t12-;/m0./s1. The highest BCUT2D eigenvalue weighted by atomic mass is 35.5. The van der Waals surface area contributed by atoms with E-state index in [1.54, 1.807) is 0 Å². The van der Waals surface area contributed by atoms with Gasteiger partial charge in [-0.15, -0.1) is 12.4 Å². The van der Waals surface area contributed by atoms with E-state index < -0.39 is 0 Å². The fourth-order valence-corrected chi connectivity index (χ4v) is 2.48. The number of hydrogen-bond acceptors (Lipinski definition) is 2. The second-order valence-electron chi connectivity index (χ2n) is 5.47. The zero-order chi connectivity index (χ0) is 12.8. The van der Waals surface area contributed by atoms with Crippen LogP contribution >= 0.6 is 12.4 Å². The first kappa shape index (κ1) is 13.7. The number of aromatic amines is 1.